The molecular weight excluding hydrogens is 456 g/mol. The van der Waals surface area contributed by atoms with Gasteiger partial charge in [-0.2, -0.15) is 5.26 Å². The highest BCUT2D eigenvalue weighted by molar-refractivity contribution is 14.0. The lowest BCUT2D eigenvalue weighted by atomic mass is 10.1. The van der Waals surface area contributed by atoms with Crippen molar-refractivity contribution in [1.29, 1.82) is 5.26 Å². The largest absolute Gasteiger partial charge is 0.369 e. The van der Waals surface area contributed by atoms with Gasteiger partial charge in [0.1, 0.15) is 5.82 Å². The van der Waals surface area contributed by atoms with Crippen LogP contribution in [0.15, 0.2) is 53.5 Å². The van der Waals surface area contributed by atoms with E-state index in [0.717, 1.165) is 19.5 Å². The fourth-order valence-electron chi connectivity index (χ4n) is 3.10. The Morgan fingerprint density at radius 3 is 2.78 bits per heavy atom. The molecule has 0 aliphatic carbocycles. The molecule has 2 N–H and O–H groups in total. The second-order valence-electron chi connectivity index (χ2n) is 6.26. The van der Waals surface area contributed by atoms with E-state index >= 15 is 0 Å². The van der Waals surface area contributed by atoms with Crippen LogP contribution in [0.5, 0.6) is 0 Å². The first-order chi connectivity index (χ1) is 12.7. The molecule has 2 aromatic carbocycles. The molecule has 1 fully saturated rings. The number of hydrogen-bond donors (Lipinski definition) is 2. The van der Waals surface area contributed by atoms with E-state index in [1.807, 2.05) is 24.3 Å². The van der Waals surface area contributed by atoms with Crippen molar-refractivity contribution in [2.75, 3.05) is 25.0 Å². The lowest BCUT2D eigenvalue weighted by molar-refractivity contribution is 0.600. The first kappa shape index (κ1) is 21.0. The molecule has 1 saturated heterocycles. The Bertz CT molecular complexity index is 819. The number of halogens is 2. The molecule has 2 aromatic rings. The number of nitrogens with zero attached hydrogens (tertiary/aromatic N) is 3. The molecule has 0 amide bonds. The second kappa shape index (κ2) is 10.1. The summed E-state index contributed by atoms with van der Waals surface area (Å²) in [5, 5.41) is 15.5. The van der Waals surface area contributed by atoms with Gasteiger partial charge in [0, 0.05) is 44.0 Å². The smallest absolute Gasteiger partial charge is 0.191 e. The molecule has 3 rings (SSSR count). The van der Waals surface area contributed by atoms with Crippen molar-refractivity contribution in [3.63, 3.8) is 0 Å². The van der Waals surface area contributed by atoms with Gasteiger partial charge in [0.25, 0.3) is 0 Å². The quantitative estimate of drug-likeness (QED) is 0.402. The van der Waals surface area contributed by atoms with E-state index in [1.165, 1.54) is 17.8 Å². The molecule has 0 bridgehead atoms. The maximum Gasteiger partial charge on any atom is 0.191 e. The van der Waals surface area contributed by atoms with Gasteiger partial charge < -0.3 is 15.5 Å². The van der Waals surface area contributed by atoms with Gasteiger partial charge in [0.15, 0.2) is 5.96 Å². The monoisotopic (exact) mass is 479 g/mol. The molecule has 5 nitrogen and oxygen atoms in total. The summed E-state index contributed by atoms with van der Waals surface area (Å²) in [7, 11) is 1.70. The number of anilines is 1. The van der Waals surface area contributed by atoms with Crippen molar-refractivity contribution in [3.05, 3.63) is 65.5 Å². The van der Waals surface area contributed by atoms with Crippen molar-refractivity contribution in [3.8, 4) is 6.07 Å². The van der Waals surface area contributed by atoms with Crippen LogP contribution in [-0.4, -0.2) is 32.1 Å². The topological polar surface area (TPSA) is 63.5 Å². The summed E-state index contributed by atoms with van der Waals surface area (Å²) in [5.74, 6) is 0.301. The van der Waals surface area contributed by atoms with Crippen LogP contribution in [0, 0.1) is 17.1 Å². The maximum atomic E-state index is 13.9. The van der Waals surface area contributed by atoms with Crippen LogP contribution in [0.1, 0.15) is 17.5 Å². The van der Waals surface area contributed by atoms with Gasteiger partial charge in [-0.05, 0) is 36.8 Å². The number of nitrogens with one attached hydrogen (secondary N) is 2. The SMILES string of the molecule is CN=C(NCc1cc(C#N)ccc1F)NC1CCN(c2ccccc2)C1.I. The van der Waals surface area contributed by atoms with Crippen LogP contribution in [0.25, 0.3) is 0 Å². The van der Waals surface area contributed by atoms with Gasteiger partial charge >= 0.3 is 0 Å². The average molecular weight is 479 g/mol. The molecule has 1 unspecified atom stereocenters. The highest BCUT2D eigenvalue weighted by Gasteiger charge is 2.23. The number of rotatable bonds is 4. The molecule has 1 heterocycles. The molecule has 1 aliphatic rings. The molecule has 1 aliphatic heterocycles. The minimum atomic E-state index is -0.330. The molecular formula is C20H23FIN5. The zero-order valence-corrected chi connectivity index (χ0v) is 17.5. The second-order valence-corrected chi connectivity index (χ2v) is 6.26. The summed E-state index contributed by atoms with van der Waals surface area (Å²) in [6, 6.07) is 17.0. The lowest BCUT2D eigenvalue weighted by Gasteiger charge is -2.20. The number of nitriles is 1. The molecule has 0 spiro atoms. The molecule has 0 radical (unpaired) electrons. The third-order valence-electron chi connectivity index (χ3n) is 4.50. The van der Waals surface area contributed by atoms with Crippen LogP contribution in [0.2, 0.25) is 0 Å². The predicted octanol–water partition coefficient (Wildman–Crippen LogP) is 3.26. The summed E-state index contributed by atoms with van der Waals surface area (Å²) in [6.45, 7) is 2.15. The van der Waals surface area contributed by atoms with Crippen LogP contribution in [0.4, 0.5) is 10.1 Å². The van der Waals surface area contributed by atoms with E-state index in [0.29, 0.717) is 17.1 Å². The van der Waals surface area contributed by atoms with E-state index in [-0.39, 0.29) is 42.4 Å². The summed E-state index contributed by atoms with van der Waals surface area (Å²) in [5.41, 5.74) is 2.11. The fourth-order valence-corrected chi connectivity index (χ4v) is 3.10. The van der Waals surface area contributed by atoms with Gasteiger partial charge in [0.05, 0.1) is 11.6 Å². The van der Waals surface area contributed by atoms with Crippen LogP contribution >= 0.6 is 24.0 Å². The summed E-state index contributed by atoms with van der Waals surface area (Å²) in [6.07, 6.45) is 1.01. The lowest BCUT2D eigenvalue weighted by Crippen LogP contribution is -2.44. The van der Waals surface area contributed by atoms with Gasteiger partial charge in [-0.3, -0.25) is 4.99 Å². The Morgan fingerprint density at radius 2 is 2.07 bits per heavy atom. The van der Waals surface area contributed by atoms with Crippen LogP contribution in [0.3, 0.4) is 0 Å². The first-order valence-corrected chi connectivity index (χ1v) is 8.65. The normalized spacial score (nSPS) is 16.4. The Balaban J connectivity index is 0.00000261. The number of hydrogen-bond acceptors (Lipinski definition) is 3. The summed E-state index contributed by atoms with van der Waals surface area (Å²) >= 11 is 0. The zero-order chi connectivity index (χ0) is 18.4. The van der Waals surface area contributed by atoms with Gasteiger partial charge in [-0.1, -0.05) is 18.2 Å². The molecule has 0 aromatic heterocycles. The highest BCUT2D eigenvalue weighted by Crippen LogP contribution is 2.19. The molecule has 1 atom stereocenters. The van der Waals surface area contributed by atoms with Crippen molar-refractivity contribution >= 4 is 35.6 Å². The van der Waals surface area contributed by atoms with E-state index in [2.05, 4.69) is 32.7 Å². The van der Waals surface area contributed by atoms with Gasteiger partial charge in [-0.15, -0.1) is 24.0 Å². The summed E-state index contributed by atoms with van der Waals surface area (Å²) < 4.78 is 13.9. The Kier molecular flexibility index (Phi) is 7.85. The maximum absolute atomic E-state index is 13.9. The number of para-hydroxylation sites is 1. The molecule has 142 valence electrons. The van der Waals surface area contributed by atoms with E-state index in [1.54, 1.807) is 13.1 Å². The van der Waals surface area contributed by atoms with Crippen LogP contribution < -0.4 is 15.5 Å². The number of benzene rings is 2. The minimum absolute atomic E-state index is 0. The minimum Gasteiger partial charge on any atom is -0.369 e. The third kappa shape index (κ3) is 5.57. The third-order valence-corrected chi connectivity index (χ3v) is 4.50. The fraction of sp³-hybridized carbons (Fsp3) is 0.300. The van der Waals surface area contributed by atoms with Crippen molar-refractivity contribution in [2.45, 2.75) is 19.0 Å². The van der Waals surface area contributed by atoms with E-state index in [4.69, 9.17) is 5.26 Å². The average Bonchev–Trinajstić information content (AvgIpc) is 3.15. The predicted molar refractivity (Wildman–Crippen MR) is 117 cm³/mol. The Labute approximate surface area is 176 Å². The Hall–Kier alpha value is -2.34. The van der Waals surface area contributed by atoms with Crippen molar-refractivity contribution in [2.24, 2.45) is 4.99 Å². The standard InChI is InChI=1S/C20H22FN5.HI/c1-23-20(24-13-16-11-15(12-22)7-8-19(16)21)25-17-9-10-26(14-17)18-5-3-2-4-6-18;/h2-8,11,17H,9-10,13-14H2,1H3,(H2,23,24,25);1H. The van der Waals surface area contributed by atoms with Crippen molar-refractivity contribution < 1.29 is 4.39 Å². The Morgan fingerprint density at radius 1 is 1.30 bits per heavy atom. The zero-order valence-electron chi connectivity index (χ0n) is 15.2. The van der Waals surface area contributed by atoms with E-state index < -0.39 is 0 Å². The number of guanidine groups is 1. The van der Waals surface area contributed by atoms with E-state index in [9.17, 15) is 4.39 Å². The molecule has 27 heavy (non-hydrogen) atoms. The summed E-state index contributed by atoms with van der Waals surface area (Å²) in [4.78, 5) is 6.56. The highest BCUT2D eigenvalue weighted by atomic mass is 127. The van der Waals surface area contributed by atoms with Crippen LogP contribution in [-0.2, 0) is 6.54 Å². The van der Waals surface area contributed by atoms with Crippen molar-refractivity contribution in [1.82, 2.24) is 10.6 Å². The first-order valence-electron chi connectivity index (χ1n) is 8.65. The van der Waals surface area contributed by atoms with Gasteiger partial charge in [0.2, 0.25) is 0 Å². The number of aliphatic imine (C=N–C) groups is 1. The molecule has 0 saturated carbocycles. The molecule has 7 heteroatoms. The van der Waals surface area contributed by atoms with Gasteiger partial charge in [-0.25, -0.2) is 4.39 Å².